The average molecular weight is 303 g/mol. The molecule has 3 rings (SSSR count). The van der Waals surface area contributed by atoms with Gasteiger partial charge in [-0.25, -0.2) is 4.98 Å². The zero-order chi connectivity index (χ0) is 15.0. The summed E-state index contributed by atoms with van der Waals surface area (Å²) < 4.78 is 0. The molecular weight excluding hydrogens is 286 g/mol. The van der Waals surface area contributed by atoms with Crippen molar-refractivity contribution in [3.8, 4) is 0 Å². The van der Waals surface area contributed by atoms with Crippen LogP contribution in [-0.2, 0) is 0 Å². The largest absolute Gasteiger partial charge is 0.349 e. The lowest BCUT2D eigenvalue weighted by molar-refractivity contribution is -0.385. The van der Waals surface area contributed by atoms with E-state index in [0.29, 0.717) is 11.6 Å². The minimum atomic E-state index is -0.379. The number of aryl methyl sites for hydroxylation is 2. The van der Waals surface area contributed by atoms with Crippen molar-refractivity contribution in [2.75, 3.05) is 11.4 Å². The Hall–Kier alpha value is -1.95. The Balaban J connectivity index is 1.92. The molecule has 110 valence electrons. The smallest absolute Gasteiger partial charge is 0.290 e. The molecule has 0 aliphatic carbocycles. The Kier molecular flexibility index (Phi) is 3.63. The van der Waals surface area contributed by atoms with Crippen molar-refractivity contribution < 1.29 is 4.92 Å². The second-order valence-corrected chi connectivity index (χ2v) is 6.71. The second kappa shape index (κ2) is 5.44. The lowest BCUT2D eigenvalue weighted by Crippen LogP contribution is -2.23. The van der Waals surface area contributed by atoms with Gasteiger partial charge >= 0.3 is 0 Å². The predicted molar refractivity (Wildman–Crippen MR) is 84.0 cm³/mol. The zero-order valence-electron chi connectivity index (χ0n) is 12.1. The Morgan fingerprint density at radius 1 is 1.43 bits per heavy atom. The van der Waals surface area contributed by atoms with Crippen LogP contribution in [0, 0.1) is 24.0 Å². The molecule has 0 N–H and O–H groups in total. The summed E-state index contributed by atoms with van der Waals surface area (Å²) in [6, 6.07) is 6.50. The molecule has 0 bridgehead atoms. The normalized spacial score (nSPS) is 18.2. The lowest BCUT2D eigenvalue weighted by atomic mass is 10.2. The molecule has 0 aromatic carbocycles. The summed E-state index contributed by atoms with van der Waals surface area (Å²) in [5, 5.41) is 10.9. The van der Waals surface area contributed by atoms with Crippen LogP contribution in [0.2, 0.25) is 0 Å². The molecule has 0 radical (unpaired) electrons. The van der Waals surface area contributed by atoms with Gasteiger partial charge in [-0.1, -0.05) is 0 Å². The molecule has 1 aliphatic rings. The van der Waals surface area contributed by atoms with Crippen molar-refractivity contribution in [2.45, 2.75) is 32.7 Å². The number of nitrogens with zero attached hydrogens (tertiary/aromatic N) is 3. The van der Waals surface area contributed by atoms with Crippen LogP contribution in [0.1, 0.15) is 34.2 Å². The molecule has 2 aromatic heterocycles. The molecule has 1 atom stereocenters. The highest BCUT2D eigenvalue weighted by atomic mass is 32.1. The zero-order valence-corrected chi connectivity index (χ0v) is 12.9. The van der Waals surface area contributed by atoms with E-state index in [1.807, 2.05) is 17.4 Å². The first-order valence-electron chi connectivity index (χ1n) is 7.00. The molecule has 0 amide bonds. The summed E-state index contributed by atoms with van der Waals surface area (Å²) in [6.07, 6.45) is 3.61. The minimum Gasteiger partial charge on any atom is -0.349 e. The van der Waals surface area contributed by atoms with E-state index in [0.717, 1.165) is 25.2 Å². The fourth-order valence-electron chi connectivity index (χ4n) is 2.85. The summed E-state index contributed by atoms with van der Waals surface area (Å²) in [5.41, 5.74) is 0.750. The number of hydrogen-bond donors (Lipinski definition) is 0. The molecule has 21 heavy (non-hydrogen) atoms. The Labute approximate surface area is 127 Å². The van der Waals surface area contributed by atoms with E-state index >= 15 is 0 Å². The summed E-state index contributed by atoms with van der Waals surface area (Å²) in [7, 11) is 0. The van der Waals surface area contributed by atoms with Gasteiger partial charge < -0.3 is 4.90 Å². The number of anilines is 1. The van der Waals surface area contributed by atoms with Crippen LogP contribution in [0.4, 0.5) is 11.5 Å². The van der Waals surface area contributed by atoms with Crippen molar-refractivity contribution in [2.24, 2.45) is 0 Å². The first-order chi connectivity index (χ1) is 10.1. The van der Waals surface area contributed by atoms with E-state index in [2.05, 4.69) is 28.9 Å². The molecule has 6 heteroatoms. The molecular formula is C15H17N3O2S. The van der Waals surface area contributed by atoms with E-state index in [4.69, 9.17) is 0 Å². The number of aromatic nitrogens is 1. The van der Waals surface area contributed by atoms with Gasteiger partial charge in [0.15, 0.2) is 0 Å². The molecule has 1 aliphatic heterocycles. The number of rotatable bonds is 3. The lowest BCUT2D eigenvalue weighted by Gasteiger charge is -2.25. The highest BCUT2D eigenvalue weighted by Crippen LogP contribution is 2.38. The summed E-state index contributed by atoms with van der Waals surface area (Å²) >= 11 is 1.82. The maximum absolute atomic E-state index is 10.9. The van der Waals surface area contributed by atoms with Crippen LogP contribution < -0.4 is 4.90 Å². The van der Waals surface area contributed by atoms with Crippen molar-refractivity contribution in [3.63, 3.8) is 0 Å². The third-order valence-electron chi connectivity index (χ3n) is 3.90. The number of thiophene rings is 1. The fourth-order valence-corrected chi connectivity index (χ4v) is 3.88. The van der Waals surface area contributed by atoms with Gasteiger partial charge in [0.05, 0.1) is 11.0 Å². The fraction of sp³-hybridized carbons (Fsp3) is 0.400. The van der Waals surface area contributed by atoms with Gasteiger partial charge in [-0.3, -0.25) is 10.1 Å². The number of pyridine rings is 1. The SMILES string of the molecule is Cc1ccc(C2CCCN2c2cc(C)c([N+](=O)[O-])cn2)s1. The van der Waals surface area contributed by atoms with Gasteiger partial charge in [-0.2, -0.15) is 0 Å². The van der Waals surface area contributed by atoms with Gasteiger partial charge in [0.25, 0.3) is 5.69 Å². The molecule has 2 aromatic rings. The molecule has 1 fully saturated rings. The predicted octanol–water partition coefficient (Wildman–Crippen LogP) is 4.01. The molecule has 5 nitrogen and oxygen atoms in total. The van der Waals surface area contributed by atoms with Crippen LogP contribution in [0.15, 0.2) is 24.4 Å². The maximum atomic E-state index is 10.9. The van der Waals surface area contributed by atoms with Crippen molar-refractivity contribution >= 4 is 22.8 Å². The quantitative estimate of drug-likeness (QED) is 0.635. The van der Waals surface area contributed by atoms with E-state index in [-0.39, 0.29) is 10.6 Å². The first-order valence-corrected chi connectivity index (χ1v) is 7.82. The van der Waals surface area contributed by atoms with Crippen LogP contribution in [0.25, 0.3) is 0 Å². The van der Waals surface area contributed by atoms with Crippen LogP contribution in [0.5, 0.6) is 0 Å². The van der Waals surface area contributed by atoms with Gasteiger partial charge in [-0.05, 0) is 44.9 Å². The van der Waals surface area contributed by atoms with Crippen LogP contribution >= 0.6 is 11.3 Å². The van der Waals surface area contributed by atoms with E-state index < -0.39 is 0 Å². The summed E-state index contributed by atoms with van der Waals surface area (Å²) in [6.45, 7) is 4.83. The molecule has 1 saturated heterocycles. The second-order valence-electron chi connectivity index (χ2n) is 5.39. The van der Waals surface area contributed by atoms with Gasteiger partial charge in [0.2, 0.25) is 0 Å². The minimum absolute atomic E-state index is 0.0847. The van der Waals surface area contributed by atoms with Gasteiger partial charge in [-0.15, -0.1) is 11.3 Å². The van der Waals surface area contributed by atoms with E-state index in [1.54, 1.807) is 6.92 Å². The number of hydrogen-bond acceptors (Lipinski definition) is 5. The Morgan fingerprint density at radius 2 is 2.24 bits per heavy atom. The van der Waals surface area contributed by atoms with E-state index in [1.165, 1.54) is 16.0 Å². The van der Waals surface area contributed by atoms with Crippen LogP contribution in [-0.4, -0.2) is 16.5 Å². The van der Waals surface area contributed by atoms with Gasteiger partial charge in [0, 0.05) is 21.9 Å². The standard InChI is InChI=1S/C15H17N3O2S/c1-10-8-15(16-9-13(10)18(19)20)17-7-3-4-12(17)14-6-5-11(2)21-14/h5-6,8-9,12H,3-4,7H2,1-2H3. The highest BCUT2D eigenvalue weighted by Gasteiger charge is 2.28. The van der Waals surface area contributed by atoms with E-state index in [9.17, 15) is 10.1 Å². The first kappa shape index (κ1) is 14.0. The Morgan fingerprint density at radius 3 is 2.86 bits per heavy atom. The maximum Gasteiger partial charge on any atom is 0.290 e. The third kappa shape index (κ3) is 2.63. The molecule has 1 unspecified atom stereocenters. The number of nitro groups is 1. The average Bonchev–Trinajstić information content (AvgIpc) is 3.06. The van der Waals surface area contributed by atoms with Gasteiger partial charge in [0.1, 0.15) is 12.0 Å². The van der Waals surface area contributed by atoms with Crippen molar-refractivity contribution in [1.29, 1.82) is 0 Å². The summed E-state index contributed by atoms with van der Waals surface area (Å²) in [5.74, 6) is 0.839. The van der Waals surface area contributed by atoms with Crippen LogP contribution in [0.3, 0.4) is 0 Å². The highest BCUT2D eigenvalue weighted by molar-refractivity contribution is 7.12. The molecule has 0 saturated carbocycles. The topological polar surface area (TPSA) is 59.3 Å². The monoisotopic (exact) mass is 303 g/mol. The molecule has 0 spiro atoms. The molecule has 3 heterocycles. The van der Waals surface area contributed by atoms with Crippen molar-refractivity contribution in [3.05, 3.63) is 49.8 Å². The third-order valence-corrected chi connectivity index (χ3v) is 5.00. The van der Waals surface area contributed by atoms with Crippen molar-refractivity contribution in [1.82, 2.24) is 4.98 Å². The Bertz CT molecular complexity index is 683. The summed E-state index contributed by atoms with van der Waals surface area (Å²) in [4.78, 5) is 19.8.